The normalized spacial score (nSPS) is 20.0. The van der Waals surface area contributed by atoms with E-state index in [1.807, 2.05) is 12.1 Å². The van der Waals surface area contributed by atoms with E-state index in [0.29, 0.717) is 23.9 Å². The van der Waals surface area contributed by atoms with Gasteiger partial charge in [0.25, 0.3) is 0 Å². The maximum atomic E-state index is 12.6. The number of nitrogens with zero attached hydrogens (tertiary/aromatic N) is 1. The van der Waals surface area contributed by atoms with E-state index in [9.17, 15) is 8.42 Å². The Balaban J connectivity index is 2.03. The molecule has 0 saturated carbocycles. The molecule has 1 aliphatic rings. The topological polar surface area (TPSA) is 49.4 Å². The molecule has 0 spiro atoms. The second kappa shape index (κ2) is 7.38. The minimum absolute atomic E-state index is 0.415. The van der Waals surface area contributed by atoms with E-state index in [4.69, 9.17) is 0 Å². The van der Waals surface area contributed by atoms with Gasteiger partial charge in [0.1, 0.15) is 0 Å². The highest BCUT2D eigenvalue weighted by atomic mass is 32.2. The molecule has 1 N–H and O–H groups in total. The lowest BCUT2D eigenvalue weighted by Gasteiger charge is -2.16. The van der Waals surface area contributed by atoms with Crippen molar-refractivity contribution in [2.45, 2.75) is 44.6 Å². The number of hydrogen-bond acceptors (Lipinski definition) is 3. The highest BCUT2D eigenvalue weighted by Crippen LogP contribution is 2.26. The second-order valence-corrected chi connectivity index (χ2v) is 7.68. The highest BCUT2D eigenvalue weighted by molar-refractivity contribution is 7.89. The van der Waals surface area contributed by atoms with E-state index in [0.717, 1.165) is 37.9 Å². The molecule has 1 fully saturated rings. The summed E-state index contributed by atoms with van der Waals surface area (Å²) < 4.78 is 26.8. The van der Waals surface area contributed by atoms with Crippen LogP contribution in [0.2, 0.25) is 0 Å². The Kier molecular flexibility index (Phi) is 5.79. The maximum absolute atomic E-state index is 12.6. The fraction of sp³-hybridized carbons (Fsp3) is 0.625. The molecule has 1 aromatic rings. The van der Waals surface area contributed by atoms with Gasteiger partial charge in [-0.25, -0.2) is 8.42 Å². The molecule has 1 unspecified atom stereocenters. The Morgan fingerprint density at radius 1 is 1.24 bits per heavy atom. The zero-order valence-corrected chi connectivity index (χ0v) is 13.8. The molecule has 118 valence electrons. The molecule has 0 aromatic heterocycles. The van der Waals surface area contributed by atoms with Crippen LogP contribution < -0.4 is 5.32 Å². The first-order valence-electron chi connectivity index (χ1n) is 7.87. The first-order chi connectivity index (χ1) is 10.1. The minimum Gasteiger partial charge on any atom is -0.313 e. The summed E-state index contributed by atoms with van der Waals surface area (Å²) in [4.78, 5) is 0.415. The lowest BCUT2D eigenvalue weighted by molar-refractivity contribution is 0.453. The van der Waals surface area contributed by atoms with Crippen molar-refractivity contribution < 1.29 is 8.42 Å². The van der Waals surface area contributed by atoms with Gasteiger partial charge in [0.2, 0.25) is 10.0 Å². The van der Waals surface area contributed by atoms with E-state index in [-0.39, 0.29) is 0 Å². The summed E-state index contributed by atoms with van der Waals surface area (Å²) in [5.41, 5.74) is 1.12. The van der Waals surface area contributed by atoms with Crippen LogP contribution in [-0.4, -0.2) is 32.4 Å². The summed E-state index contributed by atoms with van der Waals surface area (Å²) >= 11 is 0. The standard InChI is InChI=1S/C16H26N2O2S/c1-3-10-17-12-15-5-7-16(8-6-15)21(19,20)18-11-9-14(4-2)13-18/h5-8,14,17H,3-4,9-13H2,1-2H3. The first kappa shape index (κ1) is 16.5. The molecule has 1 aliphatic heterocycles. The van der Waals surface area contributed by atoms with Gasteiger partial charge >= 0.3 is 0 Å². The molecule has 5 heteroatoms. The van der Waals surface area contributed by atoms with E-state index in [2.05, 4.69) is 19.2 Å². The molecule has 0 amide bonds. The summed E-state index contributed by atoms with van der Waals surface area (Å²) in [5, 5.41) is 3.32. The molecule has 1 aromatic carbocycles. The maximum Gasteiger partial charge on any atom is 0.243 e. The largest absolute Gasteiger partial charge is 0.313 e. The third-order valence-corrected chi connectivity index (χ3v) is 6.02. The Morgan fingerprint density at radius 3 is 2.52 bits per heavy atom. The number of nitrogens with one attached hydrogen (secondary N) is 1. The smallest absolute Gasteiger partial charge is 0.243 e. The van der Waals surface area contributed by atoms with Crippen LogP contribution in [0.5, 0.6) is 0 Å². The third-order valence-electron chi connectivity index (χ3n) is 4.14. The summed E-state index contributed by atoms with van der Waals surface area (Å²) in [5.74, 6) is 0.511. The van der Waals surface area contributed by atoms with E-state index >= 15 is 0 Å². The summed E-state index contributed by atoms with van der Waals surface area (Å²) in [7, 11) is -3.31. The monoisotopic (exact) mass is 310 g/mol. The van der Waals surface area contributed by atoms with Gasteiger partial charge in [-0.3, -0.25) is 0 Å². The van der Waals surface area contributed by atoms with Crippen molar-refractivity contribution in [2.75, 3.05) is 19.6 Å². The van der Waals surface area contributed by atoms with Crippen molar-refractivity contribution in [3.05, 3.63) is 29.8 Å². The van der Waals surface area contributed by atoms with E-state index in [1.54, 1.807) is 16.4 Å². The number of hydrogen-bond donors (Lipinski definition) is 1. The van der Waals surface area contributed by atoms with Gasteiger partial charge in [-0.1, -0.05) is 32.4 Å². The number of benzene rings is 1. The van der Waals surface area contributed by atoms with Crippen molar-refractivity contribution in [1.82, 2.24) is 9.62 Å². The van der Waals surface area contributed by atoms with Crippen LogP contribution in [0.25, 0.3) is 0 Å². The lowest BCUT2D eigenvalue weighted by atomic mass is 10.1. The van der Waals surface area contributed by atoms with Crippen molar-refractivity contribution in [3.63, 3.8) is 0 Å². The predicted molar refractivity (Wildman–Crippen MR) is 85.6 cm³/mol. The second-order valence-electron chi connectivity index (χ2n) is 5.75. The van der Waals surface area contributed by atoms with Crippen molar-refractivity contribution >= 4 is 10.0 Å². The van der Waals surface area contributed by atoms with Crippen LogP contribution in [0.15, 0.2) is 29.2 Å². The van der Waals surface area contributed by atoms with Crippen molar-refractivity contribution in [3.8, 4) is 0 Å². The molecule has 1 heterocycles. The molecule has 21 heavy (non-hydrogen) atoms. The third kappa shape index (κ3) is 4.05. The predicted octanol–water partition coefficient (Wildman–Crippen LogP) is 2.61. The number of sulfonamides is 1. The molecule has 1 saturated heterocycles. The van der Waals surface area contributed by atoms with Gasteiger partial charge in [0.05, 0.1) is 4.90 Å². The molecule has 0 aliphatic carbocycles. The van der Waals surface area contributed by atoms with Crippen molar-refractivity contribution in [2.24, 2.45) is 5.92 Å². The van der Waals surface area contributed by atoms with Gasteiger partial charge in [0, 0.05) is 19.6 Å². The Morgan fingerprint density at radius 2 is 1.95 bits per heavy atom. The fourth-order valence-corrected chi connectivity index (χ4v) is 4.22. The van der Waals surface area contributed by atoms with E-state index in [1.165, 1.54) is 0 Å². The van der Waals surface area contributed by atoms with Crippen LogP contribution >= 0.6 is 0 Å². The zero-order chi connectivity index (χ0) is 15.3. The molecular weight excluding hydrogens is 284 g/mol. The zero-order valence-electron chi connectivity index (χ0n) is 13.0. The Labute approximate surface area is 128 Å². The van der Waals surface area contributed by atoms with Crippen LogP contribution in [-0.2, 0) is 16.6 Å². The van der Waals surface area contributed by atoms with Crippen LogP contribution in [0.4, 0.5) is 0 Å². The lowest BCUT2D eigenvalue weighted by Crippen LogP contribution is -2.28. The molecule has 2 rings (SSSR count). The summed E-state index contributed by atoms with van der Waals surface area (Å²) in [6.07, 6.45) is 3.13. The van der Waals surface area contributed by atoms with Crippen molar-refractivity contribution in [1.29, 1.82) is 0 Å². The van der Waals surface area contributed by atoms with Gasteiger partial charge < -0.3 is 5.32 Å². The molecule has 1 atom stereocenters. The average Bonchev–Trinajstić information content (AvgIpc) is 2.98. The molecule has 0 bridgehead atoms. The molecular formula is C16H26N2O2S. The molecule has 0 radical (unpaired) electrons. The SMILES string of the molecule is CCCNCc1ccc(S(=O)(=O)N2CCC(CC)C2)cc1. The Hall–Kier alpha value is -0.910. The summed E-state index contributed by atoms with van der Waals surface area (Å²) in [6, 6.07) is 7.28. The molecule has 4 nitrogen and oxygen atoms in total. The van der Waals surface area contributed by atoms with Gasteiger partial charge in [-0.2, -0.15) is 4.31 Å². The number of rotatable bonds is 7. The van der Waals surface area contributed by atoms with Gasteiger partial charge in [0.15, 0.2) is 0 Å². The quantitative estimate of drug-likeness (QED) is 0.788. The van der Waals surface area contributed by atoms with Gasteiger partial charge in [-0.05, 0) is 43.0 Å². The first-order valence-corrected chi connectivity index (χ1v) is 9.31. The highest BCUT2D eigenvalue weighted by Gasteiger charge is 2.31. The van der Waals surface area contributed by atoms with Crippen LogP contribution in [0.3, 0.4) is 0 Å². The van der Waals surface area contributed by atoms with Crippen LogP contribution in [0.1, 0.15) is 38.7 Å². The summed E-state index contributed by atoms with van der Waals surface area (Å²) in [6.45, 7) is 7.34. The fourth-order valence-electron chi connectivity index (χ4n) is 2.69. The Bertz CT molecular complexity index is 540. The minimum atomic E-state index is -3.31. The van der Waals surface area contributed by atoms with E-state index < -0.39 is 10.0 Å². The average molecular weight is 310 g/mol. The van der Waals surface area contributed by atoms with Crippen LogP contribution in [0, 0.1) is 5.92 Å². The van der Waals surface area contributed by atoms with Gasteiger partial charge in [-0.15, -0.1) is 0 Å².